The van der Waals surface area contributed by atoms with Crippen LogP contribution in [-0.2, 0) is 0 Å². The van der Waals surface area contributed by atoms with E-state index in [-0.39, 0.29) is 11.1 Å². The molecule has 78 valence electrons. The fraction of sp³-hybridized carbons (Fsp3) is 1.00. The molecule has 0 bridgehead atoms. The third-order valence-corrected chi connectivity index (χ3v) is 3.30. The Hall–Kier alpha value is -0.0800. The van der Waals surface area contributed by atoms with E-state index < -0.39 is 0 Å². The minimum absolute atomic E-state index is 0.259. The van der Waals surface area contributed by atoms with E-state index >= 15 is 0 Å². The molecular weight excluding hydrogens is 162 g/mol. The molecule has 13 heavy (non-hydrogen) atoms. The number of rotatable bonds is 1. The highest BCUT2D eigenvalue weighted by molar-refractivity contribution is 4.88. The van der Waals surface area contributed by atoms with Crippen LogP contribution in [0.15, 0.2) is 0 Å². The molecule has 0 aromatic carbocycles. The molecule has 1 N–H and O–H groups in total. The van der Waals surface area contributed by atoms with Gasteiger partial charge in [0, 0.05) is 18.6 Å². The maximum Gasteiger partial charge on any atom is 0.0669 e. The van der Waals surface area contributed by atoms with Gasteiger partial charge in [-0.3, -0.25) is 4.90 Å². The Kier molecular flexibility index (Phi) is 3.03. The van der Waals surface area contributed by atoms with E-state index in [2.05, 4.69) is 32.6 Å². The molecule has 0 atom stereocenters. The predicted octanol–water partition coefficient (Wildman–Crippen LogP) is 2.02. The molecule has 1 fully saturated rings. The smallest absolute Gasteiger partial charge is 0.0669 e. The van der Waals surface area contributed by atoms with E-state index in [0.717, 1.165) is 32.4 Å². The number of likely N-dealkylation sites (tertiary alicyclic amines) is 1. The van der Waals surface area contributed by atoms with Gasteiger partial charge in [-0.25, -0.2) is 0 Å². The van der Waals surface area contributed by atoms with Crippen molar-refractivity contribution >= 4 is 0 Å². The molecule has 0 saturated carbocycles. The summed E-state index contributed by atoms with van der Waals surface area (Å²) in [5, 5.41) is 10.0. The quantitative estimate of drug-likeness (QED) is 0.675. The highest BCUT2D eigenvalue weighted by atomic mass is 16.3. The lowest BCUT2D eigenvalue weighted by Gasteiger charge is -2.44. The van der Waals surface area contributed by atoms with Gasteiger partial charge in [0.2, 0.25) is 0 Å². The molecule has 0 amide bonds. The Morgan fingerprint density at radius 3 is 2.00 bits per heavy atom. The predicted molar refractivity (Wildman–Crippen MR) is 55.8 cm³/mol. The van der Waals surface area contributed by atoms with Gasteiger partial charge >= 0.3 is 0 Å². The molecule has 1 aliphatic rings. The van der Waals surface area contributed by atoms with Crippen molar-refractivity contribution in [2.45, 2.75) is 58.1 Å². The molecular formula is C11H23NO. The highest BCUT2D eigenvalue weighted by Crippen LogP contribution is 2.28. The lowest BCUT2D eigenvalue weighted by atomic mass is 9.87. The van der Waals surface area contributed by atoms with Crippen molar-refractivity contribution in [3.05, 3.63) is 0 Å². The summed E-state index contributed by atoms with van der Waals surface area (Å²) in [7, 11) is 0. The van der Waals surface area contributed by atoms with Crippen molar-refractivity contribution in [2.75, 3.05) is 13.1 Å². The molecule has 1 rings (SSSR count). The molecule has 0 aromatic rings. The lowest BCUT2D eigenvalue weighted by Crippen LogP contribution is -2.51. The average molecular weight is 185 g/mol. The van der Waals surface area contributed by atoms with Crippen LogP contribution in [0, 0.1) is 0 Å². The largest absolute Gasteiger partial charge is 0.390 e. The van der Waals surface area contributed by atoms with E-state index in [0.29, 0.717) is 0 Å². The minimum Gasteiger partial charge on any atom is -0.390 e. The van der Waals surface area contributed by atoms with Gasteiger partial charge in [-0.15, -0.1) is 0 Å². The SMILES string of the molecule is CCC1(O)CCN(C(C)(C)C)CC1. The Morgan fingerprint density at radius 1 is 1.23 bits per heavy atom. The van der Waals surface area contributed by atoms with Crippen LogP contribution in [0.1, 0.15) is 47.0 Å². The average Bonchev–Trinajstić information content (AvgIpc) is 2.04. The summed E-state index contributed by atoms with van der Waals surface area (Å²) in [6.07, 6.45) is 2.76. The molecule has 0 unspecified atom stereocenters. The van der Waals surface area contributed by atoms with Gasteiger partial charge in [-0.05, 0) is 40.0 Å². The second kappa shape index (κ2) is 3.58. The minimum atomic E-state index is -0.373. The van der Waals surface area contributed by atoms with Crippen LogP contribution in [0.2, 0.25) is 0 Å². The second-order valence-corrected chi connectivity index (χ2v) is 5.24. The van der Waals surface area contributed by atoms with Crippen LogP contribution in [0.5, 0.6) is 0 Å². The molecule has 2 heteroatoms. The number of aliphatic hydroxyl groups is 1. The van der Waals surface area contributed by atoms with Crippen molar-refractivity contribution in [1.29, 1.82) is 0 Å². The maximum absolute atomic E-state index is 10.0. The van der Waals surface area contributed by atoms with Crippen LogP contribution < -0.4 is 0 Å². The summed E-state index contributed by atoms with van der Waals surface area (Å²) < 4.78 is 0. The Labute approximate surface area is 81.9 Å². The summed E-state index contributed by atoms with van der Waals surface area (Å²) in [6, 6.07) is 0. The molecule has 1 aliphatic heterocycles. The van der Waals surface area contributed by atoms with Gasteiger partial charge in [0.1, 0.15) is 0 Å². The first kappa shape index (κ1) is 11.0. The Bertz CT molecular complexity index is 163. The van der Waals surface area contributed by atoms with Crippen LogP contribution in [0.25, 0.3) is 0 Å². The molecule has 2 nitrogen and oxygen atoms in total. The molecule has 0 aromatic heterocycles. The standard InChI is InChI=1S/C11H23NO/c1-5-11(13)6-8-12(9-7-11)10(2,3)4/h13H,5-9H2,1-4H3. The molecule has 0 aliphatic carbocycles. The maximum atomic E-state index is 10.0. The zero-order valence-corrected chi connectivity index (χ0v) is 9.43. The van der Waals surface area contributed by atoms with Gasteiger partial charge < -0.3 is 5.11 Å². The van der Waals surface area contributed by atoms with Crippen LogP contribution in [-0.4, -0.2) is 34.2 Å². The molecule has 0 spiro atoms. The van der Waals surface area contributed by atoms with Crippen LogP contribution in [0.3, 0.4) is 0 Å². The highest BCUT2D eigenvalue weighted by Gasteiger charge is 2.33. The monoisotopic (exact) mass is 185 g/mol. The van der Waals surface area contributed by atoms with Crippen molar-refractivity contribution in [2.24, 2.45) is 0 Å². The number of nitrogens with zero attached hydrogens (tertiary/aromatic N) is 1. The number of hydrogen-bond acceptors (Lipinski definition) is 2. The molecule has 0 radical (unpaired) electrons. The third-order valence-electron chi connectivity index (χ3n) is 3.30. The summed E-state index contributed by atoms with van der Waals surface area (Å²) in [4.78, 5) is 2.46. The Morgan fingerprint density at radius 2 is 1.69 bits per heavy atom. The van der Waals surface area contributed by atoms with Gasteiger partial charge in [-0.2, -0.15) is 0 Å². The number of hydrogen-bond donors (Lipinski definition) is 1. The van der Waals surface area contributed by atoms with Gasteiger partial charge in [0.05, 0.1) is 5.60 Å². The third kappa shape index (κ3) is 2.68. The zero-order valence-electron chi connectivity index (χ0n) is 9.43. The fourth-order valence-corrected chi connectivity index (χ4v) is 1.95. The lowest BCUT2D eigenvalue weighted by molar-refractivity contribution is -0.0437. The van der Waals surface area contributed by atoms with E-state index in [4.69, 9.17) is 0 Å². The van der Waals surface area contributed by atoms with Crippen molar-refractivity contribution in [3.63, 3.8) is 0 Å². The first-order valence-electron chi connectivity index (χ1n) is 5.35. The normalized spacial score (nSPS) is 24.7. The van der Waals surface area contributed by atoms with Crippen LogP contribution in [0.4, 0.5) is 0 Å². The van der Waals surface area contributed by atoms with Gasteiger partial charge in [0.15, 0.2) is 0 Å². The van der Waals surface area contributed by atoms with Gasteiger partial charge in [-0.1, -0.05) is 6.92 Å². The summed E-state index contributed by atoms with van der Waals surface area (Å²) in [6.45, 7) is 10.9. The summed E-state index contributed by atoms with van der Waals surface area (Å²) >= 11 is 0. The van der Waals surface area contributed by atoms with E-state index in [1.807, 2.05) is 0 Å². The van der Waals surface area contributed by atoms with Crippen molar-refractivity contribution in [1.82, 2.24) is 4.90 Å². The topological polar surface area (TPSA) is 23.5 Å². The van der Waals surface area contributed by atoms with Crippen LogP contribution >= 0.6 is 0 Å². The summed E-state index contributed by atoms with van der Waals surface area (Å²) in [5.41, 5.74) is -0.114. The first-order valence-corrected chi connectivity index (χ1v) is 5.35. The van der Waals surface area contributed by atoms with Crippen molar-refractivity contribution in [3.8, 4) is 0 Å². The first-order chi connectivity index (χ1) is 5.87. The molecule has 1 heterocycles. The fourth-order valence-electron chi connectivity index (χ4n) is 1.95. The zero-order chi connectivity index (χ0) is 10.1. The summed E-state index contributed by atoms with van der Waals surface area (Å²) in [5.74, 6) is 0. The Balaban J connectivity index is 2.48. The van der Waals surface area contributed by atoms with Gasteiger partial charge in [0.25, 0.3) is 0 Å². The van der Waals surface area contributed by atoms with E-state index in [9.17, 15) is 5.11 Å². The molecule has 1 saturated heterocycles. The second-order valence-electron chi connectivity index (χ2n) is 5.24. The van der Waals surface area contributed by atoms with E-state index in [1.54, 1.807) is 0 Å². The number of piperidine rings is 1. The van der Waals surface area contributed by atoms with E-state index in [1.165, 1.54) is 0 Å². The van der Waals surface area contributed by atoms with Crippen molar-refractivity contribution < 1.29 is 5.11 Å².